The van der Waals surface area contributed by atoms with Crippen molar-refractivity contribution in [2.75, 3.05) is 14.2 Å². The normalized spacial score (nSPS) is 16.1. The molecular formula is C20H29NO6. The largest absolute Gasteiger partial charge is 0.489 e. The first-order valence-electron chi connectivity index (χ1n) is 9.07. The molecule has 0 aromatic rings. The Morgan fingerprint density at radius 2 is 1.67 bits per heavy atom. The zero-order chi connectivity index (χ0) is 20.8. The van der Waals surface area contributed by atoms with Gasteiger partial charge < -0.3 is 9.47 Å². The van der Waals surface area contributed by atoms with Gasteiger partial charge in [-0.3, -0.25) is 19.7 Å². The molecule has 0 amide bonds. The van der Waals surface area contributed by atoms with Crippen LogP contribution >= 0.6 is 0 Å². The summed E-state index contributed by atoms with van der Waals surface area (Å²) in [4.78, 5) is 36.3. The van der Waals surface area contributed by atoms with Crippen molar-refractivity contribution in [1.82, 2.24) is 0 Å². The highest BCUT2D eigenvalue weighted by molar-refractivity contribution is 6.23. The van der Waals surface area contributed by atoms with E-state index in [0.717, 1.165) is 19.3 Å². The number of carbonyl (C=O) groups is 2. The monoisotopic (exact) mass is 379 g/mol. The molecule has 1 aliphatic rings. The fourth-order valence-corrected chi connectivity index (χ4v) is 3.13. The van der Waals surface area contributed by atoms with Gasteiger partial charge in [0.05, 0.1) is 19.1 Å². The van der Waals surface area contributed by atoms with Crippen LogP contribution in [0.1, 0.15) is 59.8 Å². The van der Waals surface area contributed by atoms with E-state index in [-0.39, 0.29) is 34.1 Å². The van der Waals surface area contributed by atoms with Crippen LogP contribution in [0.2, 0.25) is 0 Å². The number of rotatable bonds is 10. The van der Waals surface area contributed by atoms with Crippen molar-refractivity contribution in [1.29, 1.82) is 0 Å². The molecule has 0 fully saturated rings. The van der Waals surface area contributed by atoms with E-state index in [1.807, 2.05) is 20.8 Å². The van der Waals surface area contributed by atoms with Gasteiger partial charge in [0.2, 0.25) is 28.8 Å². The molecule has 0 radical (unpaired) electrons. The van der Waals surface area contributed by atoms with E-state index < -0.39 is 17.0 Å². The number of Topliss-reactive ketones (excluding diaryl/α,β-unsaturated/α-hetero) is 2. The van der Waals surface area contributed by atoms with Crippen molar-refractivity contribution in [2.45, 2.75) is 59.8 Å². The number of nitrogens with zero attached hydrogens (tertiary/aromatic N) is 1. The number of unbranched alkanes of at least 4 members (excludes halogenated alkanes) is 2. The molecule has 0 unspecified atom stereocenters. The molecule has 1 aliphatic carbocycles. The summed E-state index contributed by atoms with van der Waals surface area (Å²) in [5.41, 5.74) is 0.0502. The topological polar surface area (TPSA) is 95.7 Å². The number of ketones is 2. The van der Waals surface area contributed by atoms with Gasteiger partial charge in [-0.2, -0.15) is 0 Å². The maximum absolute atomic E-state index is 12.8. The van der Waals surface area contributed by atoms with Crippen molar-refractivity contribution < 1.29 is 24.0 Å². The third-order valence-corrected chi connectivity index (χ3v) is 4.56. The van der Waals surface area contributed by atoms with Crippen molar-refractivity contribution in [3.05, 3.63) is 44.6 Å². The van der Waals surface area contributed by atoms with E-state index in [0.29, 0.717) is 12.0 Å². The molecule has 1 rings (SSSR count). The molecule has 0 aliphatic heterocycles. The molecule has 7 nitrogen and oxygen atoms in total. The number of carbonyl (C=O) groups excluding carboxylic acids is 2. The molecule has 0 atom stereocenters. The average molecular weight is 379 g/mol. The Hall–Kier alpha value is -2.44. The second-order valence-electron chi connectivity index (χ2n) is 7.34. The number of methoxy groups -OCH3 is 2. The van der Waals surface area contributed by atoms with Gasteiger partial charge in [-0.15, -0.1) is 0 Å². The van der Waals surface area contributed by atoms with E-state index in [1.165, 1.54) is 14.2 Å². The third-order valence-electron chi connectivity index (χ3n) is 4.56. The molecule has 0 bridgehead atoms. The van der Waals surface area contributed by atoms with Crippen molar-refractivity contribution in [2.24, 2.45) is 5.41 Å². The summed E-state index contributed by atoms with van der Waals surface area (Å²) >= 11 is 0. The summed E-state index contributed by atoms with van der Waals surface area (Å²) in [6.07, 6.45) is 4.81. The van der Waals surface area contributed by atoms with E-state index >= 15 is 0 Å². The lowest BCUT2D eigenvalue weighted by atomic mass is 9.79. The van der Waals surface area contributed by atoms with Gasteiger partial charge in [0, 0.05) is 17.6 Å². The van der Waals surface area contributed by atoms with Gasteiger partial charge in [0.1, 0.15) is 0 Å². The number of allylic oxidation sites excluding steroid dienone is 4. The second-order valence-corrected chi connectivity index (χ2v) is 7.34. The molecule has 0 saturated carbocycles. The molecule has 150 valence electrons. The van der Waals surface area contributed by atoms with E-state index in [1.54, 1.807) is 13.0 Å². The lowest BCUT2D eigenvalue weighted by molar-refractivity contribution is -0.428. The molecule has 0 heterocycles. The lowest BCUT2D eigenvalue weighted by Crippen LogP contribution is -2.27. The molecule has 0 aromatic heterocycles. The zero-order valence-corrected chi connectivity index (χ0v) is 17.0. The molecule has 7 heteroatoms. The van der Waals surface area contributed by atoms with Crippen molar-refractivity contribution in [3.8, 4) is 0 Å². The second kappa shape index (κ2) is 9.48. The van der Waals surface area contributed by atoms with E-state index in [4.69, 9.17) is 9.47 Å². The first-order valence-corrected chi connectivity index (χ1v) is 9.07. The Balaban J connectivity index is 3.18. The quantitative estimate of drug-likeness (QED) is 0.245. The van der Waals surface area contributed by atoms with Crippen LogP contribution in [-0.4, -0.2) is 30.7 Å². The van der Waals surface area contributed by atoms with Gasteiger partial charge >= 0.3 is 0 Å². The van der Waals surface area contributed by atoms with Gasteiger partial charge in [0.25, 0.3) is 0 Å². The van der Waals surface area contributed by atoms with Crippen LogP contribution in [0.15, 0.2) is 34.4 Å². The minimum atomic E-state index is -0.676. The summed E-state index contributed by atoms with van der Waals surface area (Å²) < 4.78 is 10.1. The van der Waals surface area contributed by atoms with Crippen LogP contribution in [0.3, 0.4) is 0 Å². The Morgan fingerprint density at radius 1 is 1.11 bits per heavy atom. The number of hydrogen-bond acceptors (Lipinski definition) is 6. The van der Waals surface area contributed by atoms with Crippen LogP contribution in [0.4, 0.5) is 0 Å². The standard InChI is InChI=1S/C20H29NO6/c1-7-8-9-10-14(21(24)25)11-20(3,4)12-15-13(2)16(22)18(26-5)19(27-6)17(15)23/h11H,7-10,12H2,1-6H3/b14-11+. The predicted molar refractivity (Wildman–Crippen MR) is 101 cm³/mol. The first-order chi connectivity index (χ1) is 12.6. The summed E-state index contributed by atoms with van der Waals surface area (Å²) in [5.74, 6) is -1.05. The zero-order valence-electron chi connectivity index (χ0n) is 17.0. The van der Waals surface area contributed by atoms with Gasteiger partial charge in [-0.05, 0) is 31.3 Å². The molecular weight excluding hydrogens is 350 g/mol. The first kappa shape index (κ1) is 22.6. The SMILES string of the molecule is CCCCC/C(=C\C(C)(C)CC1=C(C)C(=O)C(OC)=C(OC)C1=O)[N+](=O)[O-]. The molecule has 0 aromatic carbocycles. The molecule has 0 N–H and O–H groups in total. The van der Waals surface area contributed by atoms with Gasteiger partial charge in [-0.25, -0.2) is 0 Å². The fourth-order valence-electron chi connectivity index (χ4n) is 3.13. The minimum absolute atomic E-state index is 0.109. The molecule has 0 spiro atoms. The van der Waals surface area contributed by atoms with Crippen LogP contribution in [-0.2, 0) is 19.1 Å². The highest BCUT2D eigenvalue weighted by atomic mass is 16.6. The fraction of sp³-hybridized carbons (Fsp3) is 0.600. The van der Waals surface area contributed by atoms with E-state index in [2.05, 4.69) is 0 Å². The van der Waals surface area contributed by atoms with Crippen LogP contribution < -0.4 is 0 Å². The van der Waals surface area contributed by atoms with E-state index in [9.17, 15) is 19.7 Å². The highest BCUT2D eigenvalue weighted by Crippen LogP contribution is 2.35. The Morgan fingerprint density at radius 3 is 2.15 bits per heavy atom. The Bertz CT molecular complexity index is 712. The third kappa shape index (κ3) is 5.52. The van der Waals surface area contributed by atoms with Gasteiger partial charge in [0.15, 0.2) is 0 Å². The average Bonchev–Trinajstić information content (AvgIpc) is 2.60. The minimum Gasteiger partial charge on any atom is -0.489 e. The smallest absolute Gasteiger partial charge is 0.242 e. The van der Waals surface area contributed by atoms with Crippen molar-refractivity contribution in [3.63, 3.8) is 0 Å². The molecule has 27 heavy (non-hydrogen) atoms. The maximum atomic E-state index is 12.8. The van der Waals surface area contributed by atoms with Crippen LogP contribution in [0, 0.1) is 15.5 Å². The van der Waals surface area contributed by atoms with Gasteiger partial charge in [-0.1, -0.05) is 33.6 Å². The lowest BCUT2D eigenvalue weighted by Gasteiger charge is -2.26. The highest BCUT2D eigenvalue weighted by Gasteiger charge is 2.37. The van der Waals surface area contributed by atoms with Crippen molar-refractivity contribution >= 4 is 11.6 Å². The summed E-state index contributed by atoms with van der Waals surface area (Å²) in [5, 5.41) is 11.4. The van der Waals surface area contributed by atoms with Crippen LogP contribution in [0.5, 0.6) is 0 Å². The number of nitro groups is 1. The Kier molecular flexibility index (Phi) is 7.94. The summed E-state index contributed by atoms with van der Waals surface area (Å²) in [6, 6.07) is 0. The number of ether oxygens (including phenoxy) is 2. The van der Waals surface area contributed by atoms with Crippen LogP contribution in [0.25, 0.3) is 0 Å². The summed E-state index contributed by atoms with van der Waals surface area (Å²) in [7, 11) is 2.62. The number of hydrogen-bond donors (Lipinski definition) is 0. The summed E-state index contributed by atoms with van der Waals surface area (Å²) in [6.45, 7) is 7.23. The predicted octanol–water partition coefficient (Wildman–Crippen LogP) is 4.12. The molecule has 0 saturated heterocycles. The Labute approximate surface area is 160 Å². The maximum Gasteiger partial charge on any atom is 0.242 e.